The van der Waals surface area contributed by atoms with Crippen LogP contribution in [-0.4, -0.2) is 48.7 Å². The SMILES string of the molecule is C=C(N)CNC(=O)c1cnccn1.Nc1ccc(N2CCOCC2)c(F)c1. The third-order valence-corrected chi connectivity index (χ3v) is 3.60. The van der Waals surface area contributed by atoms with Gasteiger partial charge >= 0.3 is 0 Å². The van der Waals surface area contributed by atoms with Gasteiger partial charge in [-0.2, -0.15) is 0 Å². The van der Waals surface area contributed by atoms with Crippen LogP contribution >= 0.6 is 0 Å². The van der Waals surface area contributed by atoms with Crippen LogP contribution in [0.4, 0.5) is 15.8 Å². The summed E-state index contributed by atoms with van der Waals surface area (Å²) < 4.78 is 18.7. The molecule has 3 rings (SSSR count). The summed E-state index contributed by atoms with van der Waals surface area (Å²) in [5, 5.41) is 2.53. The first kappa shape index (κ1) is 20.1. The number of halogens is 1. The van der Waals surface area contributed by atoms with Crippen LogP contribution in [0.5, 0.6) is 0 Å². The first-order valence-electron chi connectivity index (χ1n) is 8.32. The van der Waals surface area contributed by atoms with Gasteiger partial charge in [0.1, 0.15) is 11.5 Å². The molecule has 1 aromatic heterocycles. The smallest absolute Gasteiger partial charge is 0.271 e. The van der Waals surface area contributed by atoms with E-state index in [9.17, 15) is 9.18 Å². The van der Waals surface area contributed by atoms with Crippen LogP contribution in [0.1, 0.15) is 10.5 Å². The van der Waals surface area contributed by atoms with Crippen molar-refractivity contribution in [2.24, 2.45) is 5.73 Å². The standard InChI is InChI=1S/C10H13FN2O.C8H10N4O/c11-9-7-8(12)1-2-10(9)13-3-5-14-6-4-13;1-6(9)4-12-8(13)7-5-10-2-3-11-7/h1-2,7H,3-6,12H2;2-3,5H,1,4,9H2,(H,12,13). The lowest BCUT2D eigenvalue weighted by Gasteiger charge is -2.29. The number of carbonyl (C=O) groups is 1. The number of ether oxygens (including phenoxy) is 1. The van der Waals surface area contributed by atoms with Crippen molar-refractivity contribution in [3.63, 3.8) is 0 Å². The highest BCUT2D eigenvalue weighted by Gasteiger charge is 2.14. The molecule has 9 heteroatoms. The number of carbonyl (C=O) groups excluding carboxylic acids is 1. The van der Waals surface area contributed by atoms with E-state index in [-0.39, 0.29) is 24.0 Å². The van der Waals surface area contributed by atoms with E-state index in [2.05, 4.69) is 21.9 Å². The quantitative estimate of drug-likeness (QED) is 0.681. The molecule has 1 saturated heterocycles. The first-order valence-corrected chi connectivity index (χ1v) is 8.32. The molecular weight excluding hydrogens is 351 g/mol. The van der Waals surface area contributed by atoms with Gasteiger partial charge in [-0.25, -0.2) is 9.37 Å². The van der Waals surface area contributed by atoms with Crippen molar-refractivity contribution in [2.45, 2.75) is 0 Å². The number of anilines is 2. The number of nitrogens with one attached hydrogen (secondary N) is 1. The molecule has 1 aromatic carbocycles. The van der Waals surface area contributed by atoms with Gasteiger partial charge in [0.15, 0.2) is 0 Å². The van der Waals surface area contributed by atoms with E-state index in [4.69, 9.17) is 16.2 Å². The fourth-order valence-electron chi connectivity index (χ4n) is 2.28. The molecule has 27 heavy (non-hydrogen) atoms. The number of nitrogen functional groups attached to an aromatic ring is 1. The van der Waals surface area contributed by atoms with Crippen molar-refractivity contribution < 1.29 is 13.9 Å². The molecule has 144 valence electrons. The lowest BCUT2D eigenvalue weighted by Crippen LogP contribution is -2.36. The van der Waals surface area contributed by atoms with E-state index in [1.54, 1.807) is 12.1 Å². The predicted octanol–water partition coefficient (Wildman–Crippen LogP) is 0.923. The summed E-state index contributed by atoms with van der Waals surface area (Å²) in [4.78, 5) is 20.8. The molecule has 0 spiro atoms. The number of benzene rings is 1. The van der Waals surface area contributed by atoms with Gasteiger partial charge in [-0.15, -0.1) is 0 Å². The lowest BCUT2D eigenvalue weighted by molar-refractivity contribution is 0.0951. The van der Waals surface area contributed by atoms with E-state index in [0.717, 1.165) is 13.1 Å². The average Bonchev–Trinajstić information content (AvgIpc) is 2.68. The second kappa shape index (κ2) is 10.1. The van der Waals surface area contributed by atoms with Gasteiger partial charge in [0, 0.05) is 36.9 Å². The van der Waals surface area contributed by atoms with Crippen molar-refractivity contribution in [2.75, 3.05) is 43.5 Å². The second-order valence-corrected chi connectivity index (χ2v) is 5.74. The molecule has 1 aliphatic heterocycles. The van der Waals surface area contributed by atoms with Gasteiger partial charge in [-0.3, -0.25) is 9.78 Å². The largest absolute Gasteiger partial charge is 0.401 e. The summed E-state index contributed by atoms with van der Waals surface area (Å²) in [6, 6.07) is 4.79. The highest BCUT2D eigenvalue weighted by atomic mass is 19.1. The van der Waals surface area contributed by atoms with Crippen molar-refractivity contribution in [3.05, 3.63) is 60.6 Å². The summed E-state index contributed by atoms with van der Waals surface area (Å²) in [5.74, 6) is -0.563. The number of morpholine rings is 1. The molecule has 0 saturated carbocycles. The van der Waals surface area contributed by atoms with E-state index in [0.29, 0.717) is 30.3 Å². The number of nitrogens with zero attached hydrogens (tertiary/aromatic N) is 3. The Balaban J connectivity index is 0.000000194. The monoisotopic (exact) mass is 374 g/mol. The molecule has 1 fully saturated rings. The summed E-state index contributed by atoms with van der Waals surface area (Å²) in [6.07, 6.45) is 4.33. The van der Waals surface area contributed by atoms with E-state index in [1.807, 2.05) is 4.90 Å². The van der Waals surface area contributed by atoms with Crippen LogP contribution in [0.2, 0.25) is 0 Å². The summed E-state index contributed by atoms with van der Waals surface area (Å²) in [6.45, 7) is 6.48. The van der Waals surface area contributed by atoms with Crippen LogP contribution in [0.25, 0.3) is 0 Å². The minimum absolute atomic E-state index is 0.245. The molecular formula is C18H23FN6O2. The first-order chi connectivity index (χ1) is 13.0. The second-order valence-electron chi connectivity index (χ2n) is 5.74. The molecule has 2 aromatic rings. The fraction of sp³-hybridized carbons (Fsp3) is 0.278. The third kappa shape index (κ3) is 6.55. The van der Waals surface area contributed by atoms with Crippen LogP contribution in [0.3, 0.4) is 0 Å². The number of rotatable bonds is 4. The lowest BCUT2D eigenvalue weighted by atomic mass is 10.2. The number of hydrogen-bond acceptors (Lipinski definition) is 7. The molecule has 1 aliphatic rings. The highest BCUT2D eigenvalue weighted by Crippen LogP contribution is 2.22. The molecule has 0 bridgehead atoms. The Hall–Kier alpha value is -3.20. The zero-order valence-electron chi connectivity index (χ0n) is 14.9. The Morgan fingerprint density at radius 3 is 2.67 bits per heavy atom. The van der Waals surface area contributed by atoms with E-state index >= 15 is 0 Å². The average molecular weight is 374 g/mol. The van der Waals surface area contributed by atoms with Crippen LogP contribution in [-0.2, 0) is 4.74 Å². The predicted molar refractivity (Wildman–Crippen MR) is 102 cm³/mol. The number of amides is 1. The molecule has 0 aliphatic carbocycles. The van der Waals surface area contributed by atoms with Gasteiger partial charge in [-0.05, 0) is 18.2 Å². The summed E-state index contributed by atoms with van der Waals surface area (Å²) in [7, 11) is 0. The maximum atomic E-state index is 13.5. The Morgan fingerprint density at radius 1 is 1.33 bits per heavy atom. The molecule has 8 nitrogen and oxygen atoms in total. The van der Waals surface area contributed by atoms with Crippen LogP contribution < -0.4 is 21.7 Å². The van der Waals surface area contributed by atoms with Crippen molar-refractivity contribution in [3.8, 4) is 0 Å². The van der Waals surface area contributed by atoms with Gasteiger partial charge < -0.3 is 26.4 Å². The van der Waals surface area contributed by atoms with Crippen LogP contribution in [0.15, 0.2) is 49.1 Å². The third-order valence-electron chi connectivity index (χ3n) is 3.60. The highest BCUT2D eigenvalue weighted by molar-refractivity contribution is 5.91. The molecule has 0 unspecified atom stereocenters. The maximum Gasteiger partial charge on any atom is 0.271 e. The van der Waals surface area contributed by atoms with Crippen molar-refractivity contribution >= 4 is 17.3 Å². The topological polar surface area (TPSA) is 119 Å². The van der Waals surface area contributed by atoms with Gasteiger partial charge in [0.05, 0.1) is 31.6 Å². The normalized spacial score (nSPS) is 13.3. The Labute approximate surface area is 157 Å². The molecule has 5 N–H and O–H groups in total. The van der Waals surface area contributed by atoms with E-state index < -0.39 is 0 Å². The zero-order valence-corrected chi connectivity index (χ0v) is 14.9. The molecule has 0 radical (unpaired) electrons. The summed E-state index contributed by atoms with van der Waals surface area (Å²) >= 11 is 0. The van der Waals surface area contributed by atoms with Crippen molar-refractivity contribution in [1.82, 2.24) is 15.3 Å². The maximum absolute atomic E-state index is 13.5. The zero-order chi connectivity index (χ0) is 19.6. The number of aromatic nitrogens is 2. The Morgan fingerprint density at radius 2 is 2.07 bits per heavy atom. The van der Waals surface area contributed by atoms with Crippen molar-refractivity contribution in [1.29, 1.82) is 0 Å². The van der Waals surface area contributed by atoms with Gasteiger partial charge in [-0.1, -0.05) is 6.58 Å². The number of nitrogens with two attached hydrogens (primary N) is 2. The van der Waals surface area contributed by atoms with Gasteiger partial charge in [0.2, 0.25) is 0 Å². The Kier molecular flexibility index (Phi) is 7.50. The minimum Gasteiger partial charge on any atom is -0.401 e. The van der Waals surface area contributed by atoms with Gasteiger partial charge in [0.25, 0.3) is 5.91 Å². The molecule has 2 heterocycles. The fourth-order valence-corrected chi connectivity index (χ4v) is 2.28. The number of hydrogen-bond donors (Lipinski definition) is 3. The Bertz CT molecular complexity index is 766. The van der Waals surface area contributed by atoms with Crippen LogP contribution in [0, 0.1) is 5.82 Å². The van der Waals surface area contributed by atoms with E-state index in [1.165, 1.54) is 24.7 Å². The molecule has 0 atom stereocenters. The summed E-state index contributed by atoms with van der Waals surface area (Å²) in [5.41, 5.74) is 12.5. The minimum atomic E-state index is -0.306. The molecule has 1 amide bonds.